The lowest BCUT2D eigenvalue weighted by atomic mass is 9.61. The number of quaternary nitrogens is 1. The Kier molecular flexibility index (Phi) is 2.45. The molecular formula is C20H23N2O+. The summed E-state index contributed by atoms with van der Waals surface area (Å²) in [6, 6.07) is 9.27. The number of allylic oxidation sites excluding steroid dienone is 2. The summed E-state index contributed by atoms with van der Waals surface area (Å²) in [6.07, 6.45) is 5.65. The summed E-state index contributed by atoms with van der Waals surface area (Å²) < 4.78 is 1.13. The number of nitrogens with one attached hydrogen (secondary N) is 1. The van der Waals surface area contributed by atoms with Gasteiger partial charge >= 0.3 is 0 Å². The van der Waals surface area contributed by atoms with Crippen molar-refractivity contribution in [1.82, 2.24) is 0 Å². The summed E-state index contributed by atoms with van der Waals surface area (Å²) in [4.78, 5) is 12.0. The second kappa shape index (κ2) is 4.15. The molecule has 3 nitrogen and oxygen atoms in total. The van der Waals surface area contributed by atoms with Gasteiger partial charge in [-0.1, -0.05) is 24.3 Å². The Balaban J connectivity index is 1.85. The highest BCUT2D eigenvalue weighted by Crippen LogP contribution is 2.62. The summed E-state index contributed by atoms with van der Waals surface area (Å²) in [6.45, 7) is 4.42. The van der Waals surface area contributed by atoms with Crippen molar-refractivity contribution in [3.8, 4) is 0 Å². The smallest absolute Gasteiger partial charge is 0.148 e. The van der Waals surface area contributed by atoms with E-state index in [1.807, 2.05) is 0 Å². The SMILES string of the molecule is C/C=C1\C[N@+]2(C)CC[C@]34C(=C(C=O)[C@H]1C[C@H]32)Nc1ccccc14. The molecular weight excluding hydrogens is 284 g/mol. The van der Waals surface area contributed by atoms with Crippen molar-refractivity contribution in [2.24, 2.45) is 5.92 Å². The van der Waals surface area contributed by atoms with Gasteiger partial charge in [-0.05, 0) is 24.1 Å². The normalized spacial score (nSPS) is 41.6. The Morgan fingerprint density at radius 2 is 2.17 bits per heavy atom. The van der Waals surface area contributed by atoms with Crippen LogP contribution in [0.25, 0.3) is 0 Å². The molecule has 23 heavy (non-hydrogen) atoms. The topological polar surface area (TPSA) is 29.1 Å². The fourth-order valence-electron chi connectivity index (χ4n) is 6.07. The molecule has 118 valence electrons. The number of nitrogens with zero attached hydrogens (tertiary/aromatic N) is 1. The number of carbonyl (C=O) groups excluding carboxylic acids is 1. The van der Waals surface area contributed by atoms with Crippen LogP contribution in [-0.2, 0) is 10.2 Å². The van der Waals surface area contributed by atoms with Gasteiger partial charge in [-0.25, -0.2) is 0 Å². The van der Waals surface area contributed by atoms with Crippen LogP contribution in [0.2, 0.25) is 0 Å². The van der Waals surface area contributed by atoms with Gasteiger partial charge in [0.1, 0.15) is 18.9 Å². The van der Waals surface area contributed by atoms with Crippen molar-refractivity contribution in [2.75, 3.05) is 25.5 Å². The number of carbonyl (C=O) groups is 1. The first-order chi connectivity index (χ1) is 11.1. The largest absolute Gasteiger partial charge is 0.357 e. The van der Waals surface area contributed by atoms with Crippen LogP contribution in [0.4, 0.5) is 5.69 Å². The molecule has 1 aromatic carbocycles. The van der Waals surface area contributed by atoms with Gasteiger partial charge in [0.2, 0.25) is 0 Å². The molecule has 3 aliphatic heterocycles. The zero-order valence-corrected chi connectivity index (χ0v) is 13.8. The first-order valence-corrected chi connectivity index (χ1v) is 8.70. The third-order valence-electron chi connectivity index (χ3n) is 7.06. The number of aldehydes is 1. The number of piperidine rings is 1. The molecule has 1 aromatic rings. The standard InChI is InChI=1S/C20H22N2O/c1-3-13-11-22(2)9-8-20-16-6-4-5-7-17(16)21-19(20)15(12-23)14(13)10-18(20)22/h3-7,12,14,18H,8-11H2,1-2H3/p+1/b13-3+/t14-,18+,20+,22-/m0/s1. The lowest BCUT2D eigenvalue weighted by Crippen LogP contribution is -2.61. The van der Waals surface area contributed by atoms with E-state index in [9.17, 15) is 4.79 Å². The van der Waals surface area contributed by atoms with Crippen LogP contribution in [0, 0.1) is 5.92 Å². The van der Waals surface area contributed by atoms with Gasteiger partial charge in [0, 0.05) is 35.7 Å². The number of hydrogen-bond donors (Lipinski definition) is 1. The Morgan fingerprint density at radius 3 is 2.96 bits per heavy atom. The highest BCUT2D eigenvalue weighted by Gasteiger charge is 2.67. The van der Waals surface area contributed by atoms with Crippen molar-refractivity contribution < 1.29 is 9.28 Å². The predicted octanol–water partition coefficient (Wildman–Crippen LogP) is 3.00. The highest BCUT2D eigenvalue weighted by atomic mass is 16.1. The summed E-state index contributed by atoms with van der Waals surface area (Å²) in [5.74, 6) is 0.316. The molecule has 2 saturated heterocycles. The van der Waals surface area contributed by atoms with Crippen molar-refractivity contribution in [1.29, 1.82) is 0 Å². The molecule has 3 heterocycles. The summed E-state index contributed by atoms with van der Waals surface area (Å²) in [7, 11) is 2.42. The Bertz CT molecular complexity index is 793. The van der Waals surface area contributed by atoms with Gasteiger partial charge in [0.15, 0.2) is 0 Å². The second-order valence-corrected chi connectivity index (χ2v) is 7.87. The van der Waals surface area contributed by atoms with Crippen LogP contribution in [-0.4, -0.2) is 36.9 Å². The van der Waals surface area contributed by atoms with Gasteiger partial charge in [-0.15, -0.1) is 0 Å². The fourth-order valence-corrected chi connectivity index (χ4v) is 6.07. The number of anilines is 1. The molecule has 4 aliphatic rings. The Labute approximate surface area is 137 Å². The van der Waals surface area contributed by atoms with Crippen molar-refractivity contribution in [3.63, 3.8) is 0 Å². The molecule has 0 amide bonds. The molecule has 2 bridgehead atoms. The van der Waals surface area contributed by atoms with Gasteiger partial charge < -0.3 is 9.80 Å². The van der Waals surface area contributed by atoms with E-state index in [0.29, 0.717) is 12.0 Å². The lowest BCUT2D eigenvalue weighted by Gasteiger charge is -2.51. The minimum atomic E-state index is 0.0390. The van der Waals surface area contributed by atoms with Gasteiger partial charge in [-0.3, -0.25) is 4.79 Å². The summed E-state index contributed by atoms with van der Waals surface area (Å²) >= 11 is 0. The summed E-state index contributed by atoms with van der Waals surface area (Å²) in [5.41, 5.74) is 6.35. The maximum absolute atomic E-state index is 12.0. The first-order valence-electron chi connectivity index (χ1n) is 8.70. The Morgan fingerprint density at radius 1 is 1.35 bits per heavy atom. The number of hydrogen-bond acceptors (Lipinski definition) is 2. The lowest BCUT2D eigenvalue weighted by molar-refractivity contribution is -0.923. The van der Waals surface area contributed by atoms with E-state index in [1.54, 1.807) is 0 Å². The molecule has 1 aliphatic carbocycles. The highest BCUT2D eigenvalue weighted by molar-refractivity contribution is 5.84. The van der Waals surface area contributed by atoms with E-state index < -0.39 is 0 Å². The van der Waals surface area contributed by atoms with Crippen molar-refractivity contribution >= 4 is 12.0 Å². The third-order valence-corrected chi connectivity index (χ3v) is 7.06. The minimum absolute atomic E-state index is 0.0390. The molecule has 1 N–H and O–H groups in total. The molecule has 4 atom stereocenters. The zero-order chi connectivity index (χ0) is 15.8. The van der Waals surface area contributed by atoms with Gasteiger partial charge in [0.25, 0.3) is 0 Å². The molecule has 0 radical (unpaired) electrons. The number of rotatable bonds is 1. The number of likely N-dealkylation sites (N-methyl/N-ethyl adjacent to an activating group) is 1. The molecule has 5 rings (SSSR count). The summed E-state index contributed by atoms with van der Waals surface area (Å²) in [5, 5.41) is 3.66. The zero-order valence-electron chi connectivity index (χ0n) is 13.8. The van der Waals surface area contributed by atoms with Crippen molar-refractivity contribution in [2.45, 2.75) is 31.2 Å². The van der Waals surface area contributed by atoms with Crippen LogP contribution in [0.3, 0.4) is 0 Å². The number of fused-ring (bicyclic) bond motifs is 2. The average Bonchev–Trinajstić information content (AvgIpc) is 3.08. The average molecular weight is 307 g/mol. The molecule has 0 aromatic heterocycles. The molecule has 1 spiro atoms. The van der Waals surface area contributed by atoms with E-state index in [4.69, 9.17) is 0 Å². The van der Waals surface area contributed by atoms with E-state index in [2.05, 4.69) is 49.6 Å². The monoisotopic (exact) mass is 307 g/mol. The van der Waals surface area contributed by atoms with E-state index in [0.717, 1.165) is 35.7 Å². The number of benzene rings is 1. The Hall–Kier alpha value is -1.87. The van der Waals surface area contributed by atoms with Gasteiger partial charge in [0.05, 0.1) is 19.0 Å². The number of para-hydroxylation sites is 1. The fraction of sp³-hybridized carbons (Fsp3) is 0.450. The third kappa shape index (κ3) is 1.38. The van der Waals surface area contributed by atoms with Crippen LogP contribution < -0.4 is 5.32 Å². The van der Waals surface area contributed by atoms with E-state index in [-0.39, 0.29) is 5.41 Å². The maximum atomic E-state index is 12.0. The van der Waals surface area contributed by atoms with Crippen LogP contribution in [0.5, 0.6) is 0 Å². The predicted molar refractivity (Wildman–Crippen MR) is 91.0 cm³/mol. The quantitative estimate of drug-likeness (QED) is 0.491. The van der Waals surface area contributed by atoms with Gasteiger partial charge in [-0.2, -0.15) is 0 Å². The van der Waals surface area contributed by atoms with E-state index in [1.165, 1.54) is 29.1 Å². The second-order valence-electron chi connectivity index (χ2n) is 7.87. The van der Waals surface area contributed by atoms with Crippen LogP contribution in [0.1, 0.15) is 25.3 Å². The van der Waals surface area contributed by atoms with E-state index >= 15 is 0 Å². The molecule has 2 fully saturated rings. The first kappa shape index (κ1) is 13.6. The minimum Gasteiger partial charge on any atom is -0.357 e. The molecule has 0 unspecified atom stereocenters. The van der Waals surface area contributed by atoms with Crippen molar-refractivity contribution in [3.05, 3.63) is 52.7 Å². The molecule has 3 heteroatoms. The van der Waals surface area contributed by atoms with Crippen LogP contribution >= 0.6 is 0 Å². The molecule has 0 saturated carbocycles. The van der Waals surface area contributed by atoms with Crippen LogP contribution in [0.15, 0.2) is 47.2 Å². The maximum Gasteiger partial charge on any atom is 0.148 e.